The molecule has 0 heterocycles. The lowest BCUT2D eigenvalue weighted by Gasteiger charge is -2.13. The maximum atomic E-state index is 8.98. The quantitative estimate of drug-likeness (QED) is 0.852. The van der Waals surface area contributed by atoms with Crippen LogP contribution in [0.15, 0.2) is 42.5 Å². The number of rotatable bonds is 3. The third-order valence-electron chi connectivity index (χ3n) is 2.82. The molecule has 0 unspecified atom stereocenters. The van der Waals surface area contributed by atoms with Gasteiger partial charge < -0.3 is 9.64 Å². The molecule has 2 rings (SSSR count). The summed E-state index contributed by atoms with van der Waals surface area (Å²) in [4.78, 5) is 2.00. The molecule has 0 atom stereocenters. The molecular formula is C16H13N3O. The Bertz CT molecular complexity index is 691. The number of benzene rings is 2. The summed E-state index contributed by atoms with van der Waals surface area (Å²) in [6.07, 6.45) is 0. The standard InChI is InChI=1S/C16H13N3O/c1-19(2)14-4-7-15(8-5-14)20-16-6-3-12(10-17)13(9-16)11-18/h3-9H,1-2H3. The van der Waals surface area contributed by atoms with E-state index in [1.807, 2.05) is 55.4 Å². The van der Waals surface area contributed by atoms with E-state index in [-0.39, 0.29) is 0 Å². The summed E-state index contributed by atoms with van der Waals surface area (Å²) in [7, 11) is 3.94. The molecule has 0 amide bonds. The molecule has 0 aromatic heterocycles. The number of hydrogen-bond acceptors (Lipinski definition) is 4. The smallest absolute Gasteiger partial charge is 0.128 e. The molecule has 20 heavy (non-hydrogen) atoms. The average Bonchev–Trinajstić information content (AvgIpc) is 2.47. The second kappa shape index (κ2) is 5.77. The van der Waals surface area contributed by atoms with Crippen LogP contribution in [-0.2, 0) is 0 Å². The maximum absolute atomic E-state index is 8.98. The molecule has 0 spiro atoms. The second-order valence-corrected chi connectivity index (χ2v) is 4.42. The molecule has 4 nitrogen and oxygen atoms in total. The predicted molar refractivity (Wildman–Crippen MR) is 76.7 cm³/mol. The zero-order valence-corrected chi connectivity index (χ0v) is 11.3. The monoisotopic (exact) mass is 263 g/mol. The van der Waals surface area contributed by atoms with Gasteiger partial charge in [0.25, 0.3) is 0 Å². The van der Waals surface area contributed by atoms with Gasteiger partial charge in [-0.15, -0.1) is 0 Å². The van der Waals surface area contributed by atoms with Crippen molar-refractivity contribution in [3.63, 3.8) is 0 Å². The van der Waals surface area contributed by atoms with Crippen LogP contribution in [0.25, 0.3) is 0 Å². The van der Waals surface area contributed by atoms with Crippen LogP contribution in [0.4, 0.5) is 5.69 Å². The average molecular weight is 263 g/mol. The van der Waals surface area contributed by atoms with Crippen molar-refractivity contribution in [2.45, 2.75) is 0 Å². The minimum atomic E-state index is 0.315. The fraction of sp³-hybridized carbons (Fsp3) is 0.125. The van der Waals surface area contributed by atoms with Crippen LogP contribution in [0.5, 0.6) is 11.5 Å². The summed E-state index contributed by atoms with van der Waals surface area (Å²) in [5.74, 6) is 1.22. The molecule has 2 aromatic carbocycles. The second-order valence-electron chi connectivity index (χ2n) is 4.42. The molecule has 0 saturated heterocycles. The Morgan fingerprint density at radius 2 is 1.45 bits per heavy atom. The lowest BCUT2D eigenvalue weighted by atomic mass is 10.1. The van der Waals surface area contributed by atoms with Crippen LogP contribution < -0.4 is 9.64 Å². The molecule has 2 aromatic rings. The minimum Gasteiger partial charge on any atom is -0.457 e. The van der Waals surface area contributed by atoms with Gasteiger partial charge in [-0.3, -0.25) is 0 Å². The van der Waals surface area contributed by atoms with Gasteiger partial charge in [0, 0.05) is 19.8 Å². The Labute approximate surface area is 118 Å². The predicted octanol–water partition coefficient (Wildman–Crippen LogP) is 3.29. The molecular weight excluding hydrogens is 250 g/mol. The van der Waals surface area contributed by atoms with E-state index in [9.17, 15) is 0 Å². The van der Waals surface area contributed by atoms with Gasteiger partial charge in [0.2, 0.25) is 0 Å². The number of ether oxygens (including phenoxy) is 1. The minimum absolute atomic E-state index is 0.315. The fourth-order valence-corrected chi connectivity index (χ4v) is 1.73. The summed E-state index contributed by atoms with van der Waals surface area (Å²) in [5, 5.41) is 17.8. The van der Waals surface area contributed by atoms with Crippen molar-refractivity contribution in [2.75, 3.05) is 19.0 Å². The Balaban J connectivity index is 2.22. The van der Waals surface area contributed by atoms with Crippen molar-refractivity contribution in [1.82, 2.24) is 0 Å². The number of hydrogen-bond donors (Lipinski definition) is 0. The van der Waals surface area contributed by atoms with Gasteiger partial charge >= 0.3 is 0 Å². The van der Waals surface area contributed by atoms with Gasteiger partial charge in [-0.05, 0) is 42.5 Å². The van der Waals surface area contributed by atoms with Gasteiger partial charge in [0.05, 0.1) is 11.1 Å². The van der Waals surface area contributed by atoms with E-state index >= 15 is 0 Å². The van der Waals surface area contributed by atoms with Gasteiger partial charge in [0.15, 0.2) is 0 Å². The summed E-state index contributed by atoms with van der Waals surface area (Å²) in [6.45, 7) is 0. The lowest BCUT2D eigenvalue weighted by molar-refractivity contribution is 0.482. The Kier molecular flexibility index (Phi) is 3.88. The highest BCUT2D eigenvalue weighted by Gasteiger charge is 2.05. The third-order valence-corrected chi connectivity index (χ3v) is 2.82. The SMILES string of the molecule is CN(C)c1ccc(Oc2ccc(C#N)c(C#N)c2)cc1. The first-order chi connectivity index (χ1) is 9.63. The Morgan fingerprint density at radius 3 is 2.00 bits per heavy atom. The molecule has 0 aliphatic heterocycles. The first-order valence-electron chi connectivity index (χ1n) is 6.03. The van der Waals surface area contributed by atoms with Crippen molar-refractivity contribution in [2.24, 2.45) is 0 Å². The number of nitrogens with zero attached hydrogens (tertiary/aromatic N) is 3. The van der Waals surface area contributed by atoms with E-state index in [0.29, 0.717) is 22.6 Å². The van der Waals surface area contributed by atoms with Gasteiger partial charge in [0.1, 0.15) is 23.6 Å². The Morgan fingerprint density at radius 1 is 0.850 bits per heavy atom. The van der Waals surface area contributed by atoms with Crippen LogP contribution in [0.1, 0.15) is 11.1 Å². The van der Waals surface area contributed by atoms with Crippen LogP contribution in [0.2, 0.25) is 0 Å². The van der Waals surface area contributed by atoms with E-state index in [2.05, 4.69) is 0 Å². The molecule has 0 aliphatic carbocycles. The normalized spacial score (nSPS) is 9.40. The molecule has 0 bridgehead atoms. The highest BCUT2D eigenvalue weighted by molar-refractivity contribution is 5.51. The van der Waals surface area contributed by atoms with Crippen molar-refractivity contribution in [1.29, 1.82) is 10.5 Å². The summed E-state index contributed by atoms with van der Waals surface area (Å²) in [6, 6.07) is 16.4. The molecule has 4 heteroatoms. The van der Waals surface area contributed by atoms with Gasteiger partial charge in [-0.25, -0.2) is 0 Å². The fourth-order valence-electron chi connectivity index (χ4n) is 1.73. The van der Waals surface area contributed by atoms with E-state index in [1.54, 1.807) is 18.2 Å². The van der Waals surface area contributed by atoms with Crippen LogP contribution in [0, 0.1) is 22.7 Å². The zero-order valence-electron chi connectivity index (χ0n) is 11.3. The van der Waals surface area contributed by atoms with Crippen molar-refractivity contribution in [3.05, 3.63) is 53.6 Å². The molecule has 0 aliphatic rings. The number of nitriles is 2. The van der Waals surface area contributed by atoms with Crippen molar-refractivity contribution < 1.29 is 4.74 Å². The van der Waals surface area contributed by atoms with Gasteiger partial charge in [-0.2, -0.15) is 10.5 Å². The summed E-state index contributed by atoms with van der Waals surface area (Å²) >= 11 is 0. The highest BCUT2D eigenvalue weighted by Crippen LogP contribution is 2.25. The van der Waals surface area contributed by atoms with E-state index in [1.165, 1.54) is 0 Å². The zero-order chi connectivity index (χ0) is 14.5. The molecule has 0 saturated carbocycles. The van der Waals surface area contributed by atoms with Gasteiger partial charge in [-0.1, -0.05) is 0 Å². The van der Waals surface area contributed by atoms with E-state index < -0.39 is 0 Å². The molecule has 0 N–H and O–H groups in total. The Hall–Kier alpha value is -2.98. The third kappa shape index (κ3) is 2.88. The van der Waals surface area contributed by atoms with Crippen molar-refractivity contribution >= 4 is 5.69 Å². The molecule has 0 fully saturated rings. The highest BCUT2D eigenvalue weighted by atomic mass is 16.5. The maximum Gasteiger partial charge on any atom is 0.128 e. The topological polar surface area (TPSA) is 60.0 Å². The van der Waals surface area contributed by atoms with Crippen molar-refractivity contribution in [3.8, 4) is 23.6 Å². The first kappa shape index (κ1) is 13.5. The summed E-state index contributed by atoms with van der Waals surface area (Å²) < 4.78 is 5.68. The van der Waals surface area contributed by atoms with E-state index in [0.717, 1.165) is 5.69 Å². The van der Waals surface area contributed by atoms with Crippen LogP contribution in [-0.4, -0.2) is 14.1 Å². The number of anilines is 1. The van der Waals surface area contributed by atoms with Crippen LogP contribution in [0.3, 0.4) is 0 Å². The van der Waals surface area contributed by atoms with E-state index in [4.69, 9.17) is 15.3 Å². The summed E-state index contributed by atoms with van der Waals surface area (Å²) in [5.41, 5.74) is 1.74. The van der Waals surface area contributed by atoms with Crippen LogP contribution >= 0.6 is 0 Å². The molecule has 0 radical (unpaired) electrons. The first-order valence-corrected chi connectivity index (χ1v) is 6.03. The molecule has 98 valence electrons. The largest absolute Gasteiger partial charge is 0.457 e. The lowest BCUT2D eigenvalue weighted by Crippen LogP contribution is -2.07.